The topological polar surface area (TPSA) is 51.6 Å². The third-order valence-corrected chi connectivity index (χ3v) is 5.78. The van der Waals surface area contributed by atoms with Gasteiger partial charge in [-0.25, -0.2) is 15.0 Å². The first kappa shape index (κ1) is 15.5. The van der Waals surface area contributed by atoms with Crippen molar-refractivity contribution in [2.24, 2.45) is 0 Å². The summed E-state index contributed by atoms with van der Waals surface area (Å²) in [6.45, 7) is 2.05. The molecule has 0 bridgehead atoms. The highest BCUT2D eigenvalue weighted by Gasteiger charge is 2.17. The Bertz CT molecular complexity index is 859. The van der Waals surface area contributed by atoms with Crippen molar-refractivity contribution >= 4 is 22.8 Å². The lowest BCUT2D eigenvalue weighted by Gasteiger charge is -2.20. The molecule has 0 aliphatic heterocycles. The molecule has 3 heterocycles. The molecule has 0 unspecified atom stereocenters. The lowest BCUT2D eigenvalue weighted by Crippen LogP contribution is -2.08. The minimum atomic E-state index is 0.656. The highest BCUT2D eigenvalue weighted by molar-refractivity contribution is 8.00. The van der Waals surface area contributed by atoms with Crippen molar-refractivity contribution in [3.63, 3.8) is 0 Å². The van der Waals surface area contributed by atoms with E-state index in [0.717, 1.165) is 32.9 Å². The average molecular weight is 336 g/mol. The number of fused-ring (bicyclic) bond motifs is 1. The molecule has 1 fully saturated rings. The maximum absolute atomic E-state index is 4.87. The second kappa shape index (κ2) is 6.85. The van der Waals surface area contributed by atoms with Gasteiger partial charge in [-0.3, -0.25) is 4.98 Å². The van der Waals surface area contributed by atoms with E-state index in [9.17, 15) is 0 Å². The van der Waals surface area contributed by atoms with Crippen LogP contribution in [0.5, 0.6) is 0 Å². The first-order valence-electron chi connectivity index (χ1n) is 8.50. The number of thioether (sulfide) groups is 1. The number of aryl methyl sites for hydroxylation is 1. The van der Waals surface area contributed by atoms with Gasteiger partial charge in [-0.2, -0.15) is 0 Å². The molecule has 1 saturated carbocycles. The van der Waals surface area contributed by atoms with Crippen LogP contribution in [0.25, 0.3) is 22.3 Å². The maximum Gasteiger partial charge on any atom is 0.126 e. The van der Waals surface area contributed by atoms with Gasteiger partial charge in [-0.15, -0.1) is 11.8 Å². The van der Waals surface area contributed by atoms with Crippen molar-refractivity contribution in [3.05, 3.63) is 42.5 Å². The van der Waals surface area contributed by atoms with E-state index in [4.69, 9.17) is 4.98 Å². The number of pyridine rings is 2. The van der Waals surface area contributed by atoms with Crippen molar-refractivity contribution in [1.82, 2.24) is 19.9 Å². The van der Waals surface area contributed by atoms with Crippen LogP contribution in [-0.4, -0.2) is 25.2 Å². The minimum absolute atomic E-state index is 0.656. The quantitative estimate of drug-likeness (QED) is 0.642. The molecule has 3 aromatic heterocycles. The molecular weight excluding hydrogens is 316 g/mol. The zero-order valence-corrected chi connectivity index (χ0v) is 14.6. The van der Waals surface area contributed by atoms with E-state index in [1.165, 1.54) is 32.1 Å². The van der Waals surface area contributed by atoms with Gasteiger partial charge in [0.25, 0.3) is 0 Å². The number of hydrogen-bond acceptors (Lipinski definition) is 5. The summed E-state index contributed by atoms with van der Waals surface area (Å²) in [5.41, 5.74) is 4.92. The summed E-state index contributed by atoms with van der Waals surface area (Å²) in [6, 6.07) is 6.16. The number of nitrogens with zero attached hydrogens (tertiary/aromatic N) is 4. The van der Waals surface area contributed by atoms with Gasteiger partial charge in [-0.05, 0) is 43.5 Å². The third kappa shape index (κ3) is 3.26. The minimum Gasteiger partial charge on any atom is -0.264 e. The molecule has 1 aliphatic carbocycles. The summed E-state index contributed by atoms with van der Waals surface area (Å²) in [7, 11) is 0. The van der Waals surface area contributed by atoms with Gasteiger partial charge in [0.1, 0.15) is 16.9 Å². The molecule has 24 heavy (non-hydrogen) atoms. The predicted molar refractivity (Wildman–Crippen MR) is 98.0 cm³/mol. The Labute approximate surface area is 146 Å². The molecule has 0 atom stereocenters. The van der Waals surface area contributed by atoms with Gasteiger partial charge in [0.15, 0.2) is 0 Å². The van der Waals surface area contributed by atoms with E-state index in [-0.39, 0.29) is 0 Å². The molecule has 3 aromatic rings. The molecule has 4 nitrogen and oxygen atoms in total. The summed E-state index contributed by atoms with van der Waals surface area (Å²) < 4.78 is 0. The predicted octanol–water partition coefficient (Wildman–Crippen LogP) is 4.82. The standard InChI is InChI=1S/C19H20N4S/c1-13-9-14(11-20-10-13)16-7-8-17-18(23-16)19(22-12-21-17)24-15-5-3-2-4-6-15/h7-12,15H,2-6H2,1H3. The van der Waals surface area contributed by atoms with Crippen LogP contribution in [0.4, 0.5) is 0 Å². The Balaban J connectivity index is 1.73. The summed E-state index contributed by atoms with van der Waals surface area (Å²) in [4.78, 5) is 18.1. The van der Waals surface area contributed by atoms with Crippen molar-refractivity contribution in [3.8, 4) is 11.3 Å². The highest BCUT2D eigenvalue weighted by Crippen LogP contribution is 2.35. The molecule has 0 radical (unpaired) electrons. The van der Waals surface area contributed by atoms with Crippen LogP contribution in [0, 0.1) is 6.92 Å². The molecule has 1 aliphatic rings. The average Bonchev–Trinajstić information content (AvgIpc) is 2.63. The van der Waals surface area contributed by atoms with E-state index >= 15 is 0 Å². The van der Waals surface area contributed by atoms with Crippen LogP contribution < -0.4 is 0 Å². The highest BCUT2D eigenvalue weighted by atomic mass is 32.2. The monoisotopic (exact) mass is 336 g/mol. The van der Waals surface area contributed by atoms with Crippen LogP contribution in [0.1, 0.15) is 37.7 Å². The zero-order chi connectivity index (χ0) is 16.4. The molecule has 0 saturated heterocycles. The van der Waals surface area contributed by atoms with Crippen LogP contribution in [0.2, 0.25) is 0 Å². The summed E-state index contributed by atoms with van der Waals surface area (Å²) in [5.74, 6) is 0. The molecular formula is C19H20N4S. The molecule has 0 aromatic carbocycles. The lowest BCUT2D eigenvalue weighted by atomic mass is 10.0. The summed E-state index contributed by atoms with van der Waals surface area (Å²) >= 11 is 1.87. The molecule has 0 spiro atoms. The number of aromatic nitrogens is 4. The summed E-state index contributed by atoms with van der Waals surface area (Å²) in [6.07, 6.45) is 11.9. The Morgan fingerprint density at radius 1 is 1.04 bits per heavy atom. The summed E-state index contributed by atoms with van der Waals surface area (Å²) in [5, 5.41) is 1.66. The smallest absolute Gasteiger partial charge is 0.126 e. The van der Waals surface area contributed by atoms with Gasteiger partial charge in [-0.1, -0.05) is 19.3 Å². The Morgan fingerprint density at radius 2 is 1.92 bits per heavy atom. The fourth-order valence-corrected chi connectivity index (χ4v) is 4.46. The molecule has 0 amide bonds. The van der Waals surface area contributed by atoms with E-state index in [2.05, 4.69) is 21.0 Å². The van der Waals surface area contributed by atoms with Crippen molar-refractivity contribution < 1.29 is 0 Å². The fraction of sp³-hybridized carbons (Fsp3) is 0.368. The Hall–Kier alpha value is -2.01. The zero-order valence-electron chi connectivity index (χ0n) is 13.8. The van der Waals surface area contributed by atoms with Gasteiger partial charge in [0, 0.05) is 23.2 Å². The fourth-order valence-electron chi connectivity index (χ4n) is 3.20. The normalized spacial score (nSPS) is 15.7. The first-order valence-corrected chi connectivity index (χ1v) is 9.38. The largest absolute Gasteiger partial charge is 0.264 e. The van der Waals surface area contributed by atoms with Gasteiger partial charge >= 0.3 is 0 Å². The van der Waals surface area contributed by atoms with Crippen LogP contribution in [0.3, 0.4) is 0 Å². The van der Waals surface area contributed by atoms with Gasteiger partial charge < -0.3 is 0 Å². The van der Waals surface area contributed by atoms with Crippen LogP contribution in [-0.2, 0) is 0 Å². The molecule has 122 valence electrons. The van der Waals surface area contributed by atoms with Crippen LogP contribution >= 0.6 is 11.8 Å². The molecule has 4 rings (SSSR count). The number of rotatable bonds is 3. The second-order valence-corrected chi connectivity index (χ2v) is 7.66. The second-order valence-electron chi connectivity index (χ2n) is 6.37. The van der Waals surface area contributed by atoms with Gasteiger partial charge in [0.2, 0.25) is 0 Å². The third-order valence-electron chi connectivity index (χ3n) is 4.45. The van der Waals surface area contributed by atoms with Crippen LogP contribution in [0.15, 0.2) is 41.9 Å². The van der Waals surface area contributed by atoms with Crippen molar-refractivity contribution in [1.29, 1.82) is 0 Å². The van der Waals surface area contributed by atoms with E-state index in [1.54, 1.807) is 6.33 Å². The molecule has 0 N–H and O–H groups in total. The lowest BCUT2D eigenvalue weighted by molar-refractivity contribution is 0.516. The van der Waals surface area contributed by atoms with E-state index in [1.807, 2.05) is 43.2 Å². The molecule has 5 heteroatoms. The van der Waals surface area contributed by atoms with Crippen molar-refractivity contribution in [2.45, 2.75) is 49.3 Å². The Kier molecular flexibility index (Phi) is 4.43. The van der Waals surface area contributed by atoms with Crippen molar-refractivity contribution in [2.75, 3.05) is 0 Å². The maximum atomic E-state index is 4.87. The number of hydrogen-bond donors (Lipinski definition) is 0. The first-order chi connectivity index (χ1) is 11.8. The Morgan fingerprint density at radius 3 is 2.75 bits per heavy atom. The van der Waals surface area contributed by atoms with E-state index < -0.39 is 0 Å². The SMILES string of the molecule is Cc1cncc(-c2ccc3ncnc(SC4CCCCC4)c3n2)c1. The van der Waals surface area contributed by atoms with E-state index in [0.29, 0.717) is 5.25 Å². The van der Waals surface area contributed by atoms with Gasteiger partial charge in [0.05, 0.1) is 11.2 Å².